The van der Waals surface area contributed by atoms with Gasteiger partial charge in [-0.2, -0.15) is 0 Å². The number of rotatable bonds is 7. The molecule has 13 heavy (non-hydrogen) atoms. The summed E-state index contributed by atoms with van der Waals surface area (Å²) < 4.78 is 5.10. The molecule has 0 amide bonds. The van der Waals surface area contributed by atoms with Crippen molar-refractivity contribution >= 4 is 0 Å². The lowest BCUT2D eigenvalue weighted by Gasteiger charge is -2.21. The minimum absolute atomic E-state index is 0.440. The zero-order chi connectivity index (χ0) is 10.3. The molecule has 0 fully saturated rings. The number of hydrogen-bond acceptors (Lipinski definition) is 2. The Balaban J connectivity index is 3.86. The maximum absolute atomic E-state index is 5.10. The molecule has 0 saturated heterocycles. The van der Waals surface area contributed by atoms with Crippen LogP contribution in [0, 0.1) is 5.92 Å². The van der Waals surface area contributed by atoms with Gasteiger partial charge in [0.2, 0.25) is 0 Å². The summed E-state index contributed by atoms with van der Waals surface area (Å²) in [7, 11) is 1.75. The average Bonchev–Trinajstić information content (AvgIpc) is 2.04. The summed E-state index contributed by atoms with van der Waals surface area (Å²) in [6, 6.07) is 0.440. The Labute approximate surface area is 82.4 Å². The van der Waals surface area contributed by atoms with Crippen molar-refractivity contribution < 1.29 is 4.74 Å². The molecule has 2 unspecified atom stereocenters. The van der Waals surface area contributed by atoms with Gasteiger partial charge < -0.3 is 10.1 Å². The van der Waals surface area contributed by atoms with E-state index in [0.717, 1.165) is 19.6 Å². The van der Waals surface area contributed by atoms with Gasteiger partial charge in [-0.25, -0.2) is 0 Å². The lowest BCUT2D eigenvalue weighted by atomic mass is 9.98. The van der Waals surface area contributed by atoms with E-state index < -0.39 is 0 Å². The largest absolute Gasteiger partial charge is 0.384 e. The Morgan fingerprint density at radius 2 is 2.15 bits per heavy atom. The first kappa shape index (κ1) is 12.7. The molecule has 0 aliphatic carbocycles. The van der Waals surface area contributed by atoms with Crippen molar-refractivity contribution in [1.29, 1.82) is 0 Å². The first-order valence-corrected chi connectivity index (χ1v) is 4.99. The smallest absolute Gasteiger partial charge is 0.0488 e. The van der Waals surface area contributed by atoms with E-state index in [-0.39, 0.29) is 0 Å². The predicted molar refractivity (Wildman–Crippen MR) is 57.9 cm³/mol. The zero-order valence-corrected chi connectivity index (χ0v) is 9.39. The third-order valence-corrected chi connectivity index (χ3v) is 2.13. The maximum Gasteiger partial charge on any atom is 0.0488 e. The highest BCUT2D eigenvalue weighted by molar-refractivity contribution is 5.01. The molecule has 1 N–H and O–H groups in total. The van der Waals surface area contributed by atoms with Gasteiger partial charge in [0.25, 0.3) is 0 Å². The molecule has 0 bridgehead atoms. The second-order valence-electron chi connectivity index (χ2n) is 3.75. The van der Waals surface area contributed by atoms with Crippen LogP contribution in [0.4, 0.5) is 0 Å². The summed E-state index contributed by atoms with van der Waals surface area (Å²) in [4.78, 5) is 0. The molecule has 0 rings (SSSR count). The minimum atomic E-state index is 0.440. The van der Waals surface area contributed by atoms with E-state index in [1.54, 1.807) is 7.11 Å². The molecule has 0 saturated carbocycles. The highest BCUT2D eigenvalue weighted by atomic mass is 16.5. The fourth-order valence-corrected chi connectivity index (χ4v) is 1.46. The van der Waals surface area contributed by atoms with E-state index in [1.165, 1.54) is 5.57 Å². The molecule has 0 aromatic heterocycles. The summed E-state index contributed by atoms with van der Waals surface area (Å²) in [5.74, 6) is 0.589. The van der Waals surface area contributed by atoms with Gasteiger partial charge in [-0.1, -0.05) is 26.0 Å². The van der Waals surface area contributed by atoms with Gasteiger partial charge in [0.05, 0.1) is 0 Å². The molecule has 0 aromatic rings. The van der Waals surface area contributed by atoms with E-state index >= 15 is 0 Å². The van der Waals surface area contributed by atoms with Crippen LogP contribution in [0.2, 0.25) is 0 Å². The zero-order valence-electron chi connectivity index (χ0n) is 9.39. The predicted octanol–water partition coefficient (Wildman–Crippen LogP) is 2.21. The van der Waals surface area contributed by atoms with Gasteiger partial charge >= 0.3 is 0 Å². The van der Waals surface area contributed by atoms with E-state index in [9.17, 15) is 0 Å². The van der Waals surface area contributed by atoms with Crippen molar-refractivity contribution in [2.75, 3.05) is 20.3 Å². The number of ether oxygens (including phenoxy) is 1. The Kier molecular flexibility index (Phi) is 6.92. The van der Waals surface area contributed by atoms with Crippen LogP contribution in [0.15, 0.2) is 12.2 Å². The van der Waals surface area contributed by atoms with Crippen molar-refractivity contribution in [1.82, 2.24) is 5.32 Å². The van der Waals surface area contributed by atoms with Crippen molar-refractivity contribution in [2.45, 2.75) is 33.2 Å². The van der Waals surface area contributed by atoms with Crippen LogP contribution in [0.25, 0.3) is 0 Å². The van der Waals surface area contributed by atoms with Gasteiger partial charge in [0, 0.05) is 19.8 Å². The Morgan fingerprint density at radius 1 is 1.54 bits per heavy atom. The molecule has 0 heterocycles. The summed E-state index contributed by atoms with van der Waals surface area (Å²) >= 11 is 0. The van der Waals surface area contributed by atoms with E-state index in [2.05, 4.69) is 32.7 Å². The van der Waals surface area contributed by atoms with Crippen LogP contribution >= 0.6 is 0 Å². The lowest BCUT2D eigenvalue weighted by molar-refractivity contribution is 0.151. The fraction of sp³-hybridized carbons (Fsp3) is 0.818. The topological polar surface area (TPSA) is 21.3 Å². The average molecular weight is 185 g/mol. The minimum Gasteiger partial charge on any atom is -0.384 e. The maximum atomic E-state index is 5.10. The molecule has 2 atom stereocenters. The molecule has 0 spiro atoms. The highest BCUT2D eigenvalue weighted by Gasteiger charge is 2.12. The number of likely N-dealkylation sites (N-methyl/N-ethyl adjacent to an activating group) is 1. The molecule has 78 valence electrons. The van der Waals surface area contributed by atoms with Crippen LogP contribution in [0.3, 0.4) is 0 Å². The van der Waals surface area contributed by atoms with Crippen molar-refractivity contribution in [2.24, 2.45) is 5.92 Å². The SMILES string of the molecule is C=C(C)C(CC(C)COC)NCC. The van der Waals surface area contributed by atoms with Crippen molar-refractivity contribution in [3.63, 3.8) is 0 Å². The lowest BCUT2D eigenvalue weighted by Crippen LogP contribution is -2.32. The van der Waals surface area contributed by atoms with Crippen LogP contribution in [-0.4, -0.2) is 26.3 Å². The number of hydrogen-bond donors (Lipinski definition) is 1. The van der Waals surface area contributed by atoms with Crippen molar-refractivity contribution in [3.05, 3.63) is 12.2 Å². The Hall–Kier alpha value is -0.340. The molecule has 2 nitrogen and oxygen atoms in total. The Bertz CT molecular complexity index is 145. The summed E-state index contributed by atoms with van der Waals surface area (Å²) in [5.41, 5.74) is 1.21. The van der Waals surface area contributed by atoms with Crippen LogP contribution in [-0.2, 0) is 4.74 Å². The monoisotopic (exact) mass is 185 g/mol. The summed E-state index contributed by atoms with van der Waals surface area (Å²) in [5, 5.41) is 3.42. The van der Waals surface area contributed by atoms with Gasteiger partial charge in [-0.15, -0.1) is 0 Å². The molecular formula is C11H23NO. The second-order valence-corrected chi connectivity index (χ2v) is 3.75. The van der Waals surface area contributed by atoms with Gasteiger partial charge in [0.15, 0.2) is 0 Å². The molecule has 0 radical (unpaired) electrons. The van der Waals surface area contributed by atoms with Gasteiger partial charge in [0.1, 0.15) is 0 Å². The second kappa shape index (κ2) is 7.10. The van der Waals surface area contributed by atoms with Crippen molar-refractivity contribution in [3.8, 4) is 0 Å². The van der Waals surface area contributed by atoms with E-state index in [0.29, 0.717) is 12.0 Å². The van der Waals surface area contributed by atoms with E-state index in [4.69, 9.17) is 4.74 Å². The van der Waals surface area contributed by atoms with Crippen LogP contribution in [0.1, 0.15) is 27.2 Å². The highest BCUT2D eigenvalue weighted by Crippen LogP contribution is 2.11. The number of methoxy groups -OCH3 is 1. The third kappa shape index (κ3) is 5.83. The molecule has 0 aromatic carbocycles. The summed E-state index contributed by atoms with van der Waals surface area (Å²) in [6.07, 6.45) is 1.11. The molecule has 2 heteroatoms. The third-order valence-electron chi connectivity index (χ3n) is 2.13. The Morgan fingerprint density at radius 3 is 2.54 bits per heavy atom. The standard InChI is InChI=1S/C11H23NO/c1-6-12-11(9(2)3)7-10(4)8-13-5/h10-12H,2,6-8H2,1,3-5H3. The van der Waals surface area contributed by atoms with E-state index in [1.807, 2.05) is 0 Å². The molecular weight excluding hydrogens is 162 g/mol. The van der Waals surface area contributed by atoms with Gasteiger partial charge in [-0.05, 0) is 25.8 Å². The quantitative estimate of drug-likeness (QED) is 0.614. The first-order valence-electron chi connectivity index (χ1n) is 4.99. The normalized spacial score (nSPS) is 15.4. The van der Waals surface area contributed by atoms with Gasteiger partial charge in [-0.3, -0.25) is 0 Å². The first-order chi connectivity index (χ1) is 6.11. The molecule has 0 aliphatic heterocycles. The molecule has 0 aliphatic rings. The number of nitrogens with one attached hydrogen (secondary N) is 1. The van der Waals surface area contributed by atoms with Crippen LogP contribution in [0.5, 0.6) is 0 Å². The van der Waals surface area contributed by atoms with Crippen LogP contribution < -0.4 is 5.32 Å². The summed E-state index contributed by atoms with van der Waals surface area (Å²) in [6.45, 7) is 12.2. The fourth-order valence-electron chi connectivity index (χ4n) is 1.46.